The van der Waals surface area contributed by atoms with Crippen LogP contribution < -0.4 is 24.8 Å². The number of hydrogen-bond acceptors (Lipinski definition) is 6. The van der Waals surface area contributed by atoms with Crippen LogP contribution in [0.4, 0.5) is 15.6 Å². The Bertz CT molecular complexity index is 936. The lowest BCUT2D eigenvalue weighted by Gasteiger charge is -2.14. The molecule has 0 aliphatic rings. The molecule has 1 heterocycles. The minimum atomic E-state index is -0.404. The van der Waals surface area contributed by atoms with Crippen LogP contribution in [-0.2, 0) is 0 Å². The highest BCUT2D eigenvalue weighted by atomic mass is 32.1. The van der Waals surface area contributed by atoms with Crippen molar-refractivity contribution in [2.24, 2.45) is 0 Å². The van der Waals surface area contributed by atoms with E-state index in [-0.39, 0.29) is 0 Å². The first kappa shape index (κ1) is 18.8. The van der Waals surface area contributed by atoms with Crippen molar-refractivity contribution in [3.8, 4) is 17.2 Å². The fraction of sp³-hybridized carbons (Fsp3) is 0.263. The quantitative estimate of drug-likeness (QED) is 0.669. The topological polar surface area (TPSA) is 81.7 Å². The van der Waals surface area contributed by atoms with Crippen LogP contribution in [0.1, 0.15) is 11.1 Å². The van der Waals surface area contributed by atoms with Gasteiger partial charge in [0.25, 0.3) is 0 Å². The van der Waals surface area contributed by atoms with Crippen LogP contribution in [-0.4, -0.2) is 32.3 Å². The van der Waals surface area contributed by atoms with E-state index in [9.17, 15) is 4.79 Å². The highest BCUT2D eigenvalue weighted by Gasteiger charge is 2.15. The van der Waals surface area contributed by atoms with Crippen molar-refractivity contribution >= 4 is 38.4 Å². The second-order valence-electron chi connectivity index (χ2n) is 5.89. The summed E-state index contributed by atoms with van der Waals surface area (Å²) >= 11 is 1.45. The molecule has 0 radical (unpaired) electrons. The van der Waals surface area contributed by atoms with Crippen LogP contribution in [0.3, 0.4) is 0 Å². The molecule has 27 heavy (non-hydrogen) atoms. The average molecular weight is 387 g/mol. The van der Waals surface area contributed by atoms with Crippen LogP contribution in [0.25, 0.3) is 10.2 Å². The van der Waals surface area contributed by atoms with E-state index in [0.29, 0.717) is 28.1 Å². The Hall–Kier alpha value is -3.00. The number of urea groups is 1. The number of amides is 2. The molecule has 0 aliphatic carbocycles. The average Bonchev–Trinajstić information content (AvgIpc) is 3.08. The van der Waals surface area contributed by atoms with E-state index in [4.69, 9.17) is 14.2 Å². The number of nitrogens with zero attached hydrogens (tertiary/aromatic N) is 1. The maximum Gasteiger partial charge on any atom is 0.325 e. The molecule has 2 N–H and O–H groups in total. The van der Waals surface area contributed by atoms with E-state index in [1.165, 1.54) is 32.7 Å². The number of thiazole rings is 1. The van der Waals surface area contributed by atoms with Gasteiger partial charge in [-0.2, -0.15) is 0 Å². The molecule has 0 bridgehead atoms. The van der Waals surface area contributed by atoms with E-state index in [0.717, 1.165) is 21.3 Å². The number of aromatic nitrogens is 1. The van der Waals surface area contributed by atoms with Gasteiger partial charge in [-0.3, -0.25) is 5.32 Å². The Kier molecular flexibility index (Phi) is 5.36. The Morgan fingerprint density at radius 1 is 0.963 bits per heavy atom. The number of carbonyl (C=O) groups is 1. The highest BCUT2D eigenvalue weighted by Crippen LogP contribution is 2.40. The lowest BCUT2D eigenvalue weighted by molar-refractivity contribution is 0.262. The first-order valence-corrected chi connectivity index (χ1v) is 9.03. The smallest absolute Gasteiger partial charge is 0.325 e. The summed E-state index contributed by atoms with van der Waals surface area (Å²) in [5.74, 6) is 1.37. The van der Waals surface area contributed by atoms with Gasteiger partial charge in [0.05, 0.1) is 37.2 Å². The zero-order chi connectivity index (χ0) is 19.6. The van der Waals surface area contributed by atoms with Crippen molar-refractivity contribution in [3.63, 3.8) is 0 Å². The van der Waals surface area contributed by atoms with Crippen LogP contribution in [0.5, 0.6) is 17.2 Å². The first-order valence-electron chi connectivity index (χ1n) is 8.21. The molecule has 3 rings (SSSR count). The summed E-state index contributed by atoms with van der Waals surface area (Å²) < 4.78 is 16.9. The molecule has 2 aromatic carbocycles. The van der Waals surface area contributed by atoms with Gasteiger partial charge < -0.3 is 19.5 Å². The van der Waals surface area contributed by atoms with E-state index >= 15 is 0 Å². The molecule has 0 spiro atoms. The number of rotatable bonds is 5. The molecule has 0 fully saturated rings. The van der Waals surface area contributed by atoms with Gasteiger partial charge in [0, 0.05) is 12.1 Å². The number of nitrogens with one attached hydrogen (secondary N) is 2. The Morgan fingerprint density at radius 2 is 1.59 bits per heavy atom. The van der Waals surface area contributed by atoms with Crippen molar-refractivity contribution in [1.82, 2.24) is 4.98 Å². The van der Waals surface area contributed by atoms with Gasteiger partial charge in [-0.05, 0) is 25.0 Å². The van der Waals surface area contributed by atoms with Crippen LogP contribution in [0.2, 0.25) is 0 Å². The molecule has 0 unspecified atom stereocenters. The number of aryl methyl sites for hydroxylation is 2. The summed E-state index contributed by atoms with van der Waals surface area (Å²) in [5, 5.41) is 6.08. The molecule has 0 atom stereocenters. The minimum Gasteiger partial charge on any atom is -0.493 e. The predicted molar refractivity (Wildman–Crippen MR) is 108 cm³/mol. The summed E-state index contributed by atoms with van der Waals surface area (Å²) in [6.07, 6.45) is 0. The number of ether oxygens (including phenoxy) is 3. The Labute approximate surface area is 161 Å². The summed E-state index contributed by atoms with van der Waals surface area (Å²) in [4.78, 5) is 16.9. The van der Waals surface area contributed by atoms with Crippen LogP contribution in [0, 0.1) is 13.8 Å². The van der Waals surface area contributed by atoms with Crippen LogP contribution in [0.15, 0.2) is 24.3 Å². The molecular weight excluding hydrogens is 366 g/mol. The molecule has 1 aromatic heterocycles. The zero-order valence-electron chi connectivity index (χ0n) is 15.8. The van der Waals surface area contributed by atoms with E-state index in [1.54, 1.807) is 12.1 Å². The molecule has 2 amide bonds. The number of methoxy groups -OCH3 is 3. The standard InChI is InChI=1S/C19H21N3O4S/c1-10-6-7-11(2)17-15(10)21-19(27-17)22-18(23)20-12-8-13(24-3)16(26-5)14(9-12)25-4/h6-9H,1-5H3,(H2,20,21,22,23). The van der Waals surface area contributed by atoms with Gasteiger partial charge in [0.15, 0.2) is 16.6 Å². The van der Waals surface area contributed by atoms with Gasteiger partial charge >= 0.3 is 6.03 Å². The molecule has 3 aromatic rings. The number of anilines is 2. The number of benzene rings is 2. The maximum atomic E-state index is 12.4. The summed E-state index contributed by atoms with van der Waals surface area (Å²) in [6.45, 7) is 4.03. The predicted octanol–water partition coefficient (Wildman–Crippen LogP) is 4.58. The van der Waals surface area contributed by atoms with Crippen molar-refractivity contribution in [2.45, 2.75) is 13.8 Å². The third-order valence-corrected chi connectivity index (χ3v) is 5.19. The molecule has 142 valence electrons. The molecule has 0 aliphatic heterocycles. The van der Waals surface area contributed by atoms with Gasteiger partial charge in [-0.1, -0.05) is 23.5 Å². The summed E-state index contributed by atoms with van der Waals surface area (Å²) in [7, 11) is 4.57. The molecule has 8 heteroatoms. The Balaban J connectivity index is 1.82. The molecule has 0 saturated heterocycles. The van der Waals surface area contributed by atoms with E-state index < -0.39 is 6.03 Å². The van der Waals surface area contributed by atoms with Crippen LogP contribution >= 0.6 is 11.3 Å². The number of carbonyl (C=O) groups excluding carboxylic acids is 1. The second-order valence-corrected chi connectivity index (χ2v) is 6.89. The van der Waals surface area contributed by atoms with Gasteiger partial charge in [0.2, 0.25) is 5.75 Å². The normalized spacial score (nSPS) is 10.6. The maximum absolute atomic E-state index is 12.4. The van der Waals surface area contributed by atoms with Gasteiger partial charge in [-0.25, -0.2) is 9.78 Å². The largest absolute Gasteiger partial charge is 0.493 e. The first-order chi connectivity index (χ1) is 13.0. The fourth-order valence-electron chi connectivity index (χ4n) is 2.73. The highest BCUT2D eigenvalue weighted by molar-refractivity contribution is 7.22. The second kappa shape index (κ2) is 7.71. The zero-order valence-corrected chi connectivity index (χ0v) is 16.6. The molecule has 7 nitrogen and oxygen atoms in total. The number of hydrogen-bond donors (Lipinski definition) is 2. The minimum absolute atomic E-state index is 0.404. The van der Waals surface area contributed by atoms with Crippen molar-refractivity contribution in [2.75, 3.05) is 32.0 Å². The third-order valence-electron chi connectivity index (χ3n) is 4.09. The molecule has 0 saturated carbocycles. The summed E-state index contributed by atoms with van der Waals surface area (Å²) in [6, 6.07) is 6.99. The van der Waals surface area contributed by atoms with E-state index in [2.05, 4.69) is 21.7 Å². The van der Waals surface area contributed by atoms with Crippen molar-refractivity contribution in [3.05, 3.63) is 35.4 Å². The Morgan fingerprint density at radius 3 is 2.15 bits per heavy atom. The van der Waals surface area contributed by atoms with Crippen molar-refractivity contribution < 1.29 is 19.0 Å². The third kappa shape index (κ3) is 3.75. The lowest BCUT2D eigenvalue weighted by atomic mass is 10.1. The van der Waals surface area contributed by atoms with Gasteiger partial charge in [-0.15, -0.1) is 0 Å². The van der Waals surface area contributed by atoms with Gasteiger partial charge in [0.1, 0.15) is 0 Å². The molecular formula is C19H21N3O4S. The van der Waals surface area contributed by atoms with E-state index in [1.807, 2.05) is 19.9 Å². The summed E-state index contributed by atoms with van der Waals surface area (Å²) in [5.41, 5.74) is 3.62. The fourth-order valence-corrected chi connectivity index (χ4v) is 3.73. The SMILES string of the molecule is COc1cc(NC(=O)Nc2nc3c(C)ccc(C)c3s2)cc(OC)c1OC. The monoisotopic (exact) mass is 387 g/mol. The number of fused-ring (bicyclic) bond motifs is 1. The lowest BCUT2D eigenvalue weighted by Crippen LogP contribution is -2.19. The van der Waals surface area contributed by atoms with Crippen molar-refractivity contribution in [1.29, 1.82) is 0 Å².